The van der Waals surface area contributed by atoms with Crippen LogP contribution in [0, 0.1) is 0 Å². The van der Waals surface area contributed by atoms with E-state index in [9.17, 15) is 4.79 Å². The molecule has 1 aromatic carbocycles. The topological polar surface area (TPSA) is 44.1 Å². The SMILES string of the molecule is COC(=O)c1cn2c(n1)-c1cc(Br)ccc1C1CC2C1. The van der Waals surface area contributed by atoms with E-state index >= 15 is 0 Å². The fourth-order valence-corrected chi connectivity index (χ4v) is 3.58. The van der Waals surface area contributed by atoms with Crippen LogP contribution in [0.3, 0.4) is 0 Å². The molecule has 0 atom stereocenters. The van der Waals surface area contributed by atoms with Gasteiger partial charge in [0.2, 0.25) is 0 Å². The molecule has 1 aromatic heterocycles. The molecule has 0 radical (unpaired) electrons. The molecule has 1 aliphatic carbocycles. The minimum Gasteiger partial charge on any atom is -0.464 e. The highest BCUT2D eigenvalue weighted by Gasteiger charge is 2.39. The normalized spacial score (nSPS) is 22.3. The third-order valence-corrected chi connectivity index (χ3v) is 4.82. The van der Waals surface area contributed by atoms with Gasteiger partial charge in [-0.15, -0.1) is 0 Å². The molecule has 3 aliphatic rings. The van der Waals surface area contributed by atoms with E-state index in [2.05, 4.69) is 43.7 Å². The van der Waals surface area contributed by atoms with Gasteiger partial charge in [-0.05, 0) is 36.5 Å². The molecule has 102 valence electrons. The van der Waals surface area contributed by atoms with E-state index in [-0.39, 0.29) is 5.97 Å². The minimum atomic E-state index is -0.377. The van der Waals surface area contributed by atoms with Crippen LogP contribution in [0.25, 0.3) is 11.4 Å². The van der Waals surface area contributed by atoms with Crippen LogP contribution in [0.1, 0.15) is 40.9 Å². The van der Waals surface area contributed by atoms with Gasteiger partial charge in [-0.1, -0.05) is 22.0 Å². The van der Waals surface area contributed by atoms with Gasteiger partial charge in [-0.3, -0.25) is 0 Å². The summed E-state index contributed by atoms with van der Waals surface area (Å²) in [4.78, 5) is 16.2. The molecule has 3 heterocycles. The maximum absolute atomic E-state index is 11.7. The third kappa shape index (κ3) is 1.59. The van der Waals surface area contributed by atoms with Crippen molar-refractivity contribution in [2.45, 2.75) is 24.8 Å². The Balaban J connectivity index is 1.95. The van der Waals surface area contributed by atoms with Gasteiger partial charge in [0.15, 0.2) is 5.69 Å². The van der Waals surface area contributed by atoms with E-state index in [0.29, 0.717) is 17.7 Å². The van der Waals surface area contributed by atoms with Gasteiger partial charge in [0.05, 0.1) is 7.11 Å². The number of hydrogen-bond donors (Lipinski definition) is 0. The number of methoxy groups -OCH3 is 1. The Morgan fingerprint density at radius 3 is 3.00 bits per heavy atom. The van der Waals surface area contributed by atoms with Crippen LogP contribution in [-0.2, 0) is 4.74 Å². The second-order valence-corrected chi connectivity index (χ2v) is 6.32. The Morgan fingerprint density at radius 1 is 1.45 bits per heavy atom. The zero-order valence-corrected chi connectivity index (χ0v) is 12.6. The fourth-order valence-electron chi connectivity index (χ4n) is 3.22. The molecule has 4 nitrogen and oxygen atoms in total. The highest BCUT2D eigenvalue weighted by molar-refractivity contribution is 9.10. The molecule has 2 aromatic rings. The summed E-state index contributed by atoms with van der Waals surface area (Å²) in [7, 11) is 1.39. The number of nitrogens with zero attached hydrogens (tertiary/aromatic N) is 2. The Bertz CT molecular complexity index is 717. The van der Waals surface area contributed by atoms with Crippen LogP contribution in [0.15, 0.2) is 28.9 Å². The van der Waals surface area contributed by atoms with E-state index in [4.69, 9.17) is 4.74 Å². The lowest BCUT2D eigenvalue weighted by Crippen LogP contribution is -2.22. The molecule has 0 amide bonds. The number of esters is 1. The number of hydrogen-bond acceptors (Lipinski definition) is 3. The summed E-state index contributed by atoms with van der Waals surface area (Å²) in [6.45, 7) is 0. The summed E-state index contributed by atoms with van der Waals surface area (Å²) < 4.78 is 7.95. The van der Waals surface area contributed by atoms with Crippen molar-refractivity contribution in [3.8, 4) is 11.4 Å². The molecule has 1 fully saturated rings. The Hall–Kier alpha value is -1.62. The van der Waals surface area contributed by atoms with Gasteiger partial charge < -0.3 is 9.30 Å². The summed E-state index contributed by atoms with van der Waals surface area (Å²) in [6.07, 6.45) is 4.08. The quantitative estimate of drug-likeness (QED) is 0.750. The minimum absolute atomic E-state index is 0.377. The van der Waals surface area contributed by atoms with Crippen LogP contribution < -0.4 is 0 Å². The number of benzene rings is 1. The second-order valence-electron chi connectivity index (χ2n) is 5.40. The van der Waals surface area contributed by atoms with Gasteiger partial charge in [-0.25, -0.2) is 9.78 Å². The molecule has 0 unspecified atom stereocenters. The summed E-state index contributed by atoms with van der Waals surface area (Å²) in [5, 5.41) is 0. The van der Waals surface area contributed by atoms with E-state index in [1.54, 1.807) is 0 Å². The molecule has 2 bridgehead atoms. The number of carbonyl (C=O) groups is 1. The molecule has 0 spiro atoms. The Kier molecular flexibility index (Phi) is 2.54. The molecule has 5 heteroatoms. The highest BCUT2D eigenvalue weighted by atomic mass is 79.9. The number of rotatable bonds is 1. The standard InChI is InChI=1S/C15H13BrN2O2/c1-20-15(19)13-7-18-10-4-8(5-10)11-3-2-9(16)6-12(11)14(18)17-13/h2-3,6-8,10H,4-5H2,1H3. The molecular weight excluding hydrogens is 320 g/mol. The number of ether oxygens (including phenoxy) is 1. The molecule has 20 heavy (non-hydrogen) atoms. The molecule has 5 rings (SSSR count). The van der Waals surface area contributed by atoms with Crippen LogP contribution in [0.4, 0.5) is 0 Å². The van der Waals surface area contributed by atoms with Crippen LogP contribution in [0.5, 0.6) is 0 Å². The van der Waals surface area contributed by atoms with Crippen molar-refractivity contribution in [3.63, 3.8) is 0 Å². The first kappa shape index (κ1) is 12.1. The van der Waals surface area contributed by atoms with E-state index < -0.39 is 0 Å². The summed E-state index contributed by atoms with van der Waals surface area (Å²) in [5.74, 6) is 1.12. The lowest BCUT2D eigenvalue weighted by Gasteiger charge is -2.34. The van der Waals surface area contributed by atoms with Crippen molar-refractivity contribution >= 4 is 21.9 Å². The molecule has 0 saturated heterocycles. The van der Waals surface area contributed by atoms with Crippen LogP contribution >= 0.6 is 15.9 Å². The van der Waals surface area contributed by atoms with E-state index in [1.807, 2.05) is 6.20 Å². The van der Waals surface area contributed by atoms with Crippen molar-refractivity contribution in [2.75, 3.05) is 7.11 Å². The molecule has 1 saturated carbocycles. The average molecular weight is 333 g/mol. The summed E-state index contributed by atoms with van der Waals surface area (Å²) in [6, 6.07) is 6.79. The van der Waals surface area contributed by atoms with Gasteiger partial charge in [-0.2, -0.15) is 0 Å². The number of aromatic nitrogens is 2. The first-order valence-corrected chi connectivity index (χ1v) is 7.43. The first-order chi connectivity index (χ1) is 9.67. The number of imidazole rings is 1. The Morgan fingerprint density at radius 2 is 2.25 bits per heavy atom. The van der Waals surface area contributed by atoms with Crippen molar-refractivity contribution in [2.24, 2.45) is 0 Å². The first-order valence-electron chi connectivity index (χ1n) is 6.64. The van der Waals surface area contributed by atoms with Gasteiger partial charge in [0, 0.05) is 22.3 Å². The maximum atomic E-state index is 11.7. The molecule has 2 aliphatic heterocycles. The Labute approximate surface area is 124 Å². The van der Waals surface area contributed by atoms with Crippen LogP contribution in [0.2, 0.25) is 0 Å². The van der Waals surface area contributed by atoms with E-state index in [1.165, 1.54) is 12.7 Å². The third-order valence-electron chi connectivity index (χ3n) is 4.33. The smallest absolute Gasteiger partial charge is 0.358 e. The second kappa shape index (κ2) is 4.19. The van der Waals surface area contributed by atoms with Crippen molar-refractivity contribution in [1.29, 1.82) is 0 Å². The van der Waals surface area contributed by atoms with Crippen LogP contribution in [-0.4, -0.2) is 22.6 Å². The predicted octanol–water partition coefficient (Wildman–Crippen LogP) is 3.53. The predicted molar refractivity (Wildman–Crippen MR) is 77.7 cm³/mol. The van der Waals surface area contributed by atoms with Crippen molar-refractivity contribution in [3.05, 3.63) is 40.1 Å². The lowest BCUT2D eigenvalue weighted by molar-refractivity contribution is 0.0594. The fraction of sp³-hybridized carbons (Fsp3) is 0.333. The molecular formula is C15H13BrN2O2. The van der Waals surface area contributed by atoms with Gasteiger partial charge in [0.25, 0.3) is 0 Å². The average Bonchev–Trinajstić information content (AvgIpc) is 2.74. The summed E-state index contributed by atoms with van der Waals surface area (Å²) >= 11 is 3.52. The lowest BCUT2D eigenvalue weighted by atomic mass is 9.76. The monoisotopic (exact) mass is 332 g/mol. The maximum Gasteiger partial charge on any atom is 0.358 e. The zero-order valence-electron chi connectivity index (χ0n) is 11.0. The summed E-state index contributed by atoms with van der Waals surface area (Å²) in [5.41, 5.74) is 2.85. The van der Waals surface area contributed by atoms with Gasteiger partial charge >= 0.3 is 5.97 Å². The molecule has 0 N–H and O–H groups in total. The van der Waals surface area contributed by atoms with E-state index in [0.717, 1.165) is 28.7 Å². The van der Waals surface area contributed by atoms with Crippen molar-refractivity contribution < 1.29 is 9.53 Å². The van der Waals surface area contributed by atoms with Crippen molar-refractivity contribution in [1.82, 2.24) is 9.55 Å². The number of halogens is 1. The van der Waals surface area contributed by atoms with Gasteiger partial charge in [0.1, 0.15) is 5.82 Å². The highest BCUT2D eigenvalue weighted by Crippen LogP contribution is 2.52. The zero-order chi connectivity index (χ0) is 13.9. The largest absolute Gasteiger partial charge is 0.464 e. The number of carbonyl (C=O) groups excluding carboxylic acids is 1.